The molecule has 0 unspecified atom stereocenters. The van der Waals surface area contributed by atoms with Crippen molar-refractivity contribution in [2.45, 2.75) is 0 Å². The van der Waals surface area contributed by atoms with Crippen LogP contribution in [0.25, 0.3) is 0 Å². The number of benzene rings is 1. The maximum atomic E-state index is 12.5. The van der Waals surface area contributed by atoms with Crippen LogP contribution in [0.3, 0.4) is 0 Å². The van der Waals surface area contributed by atoms with Gasteiger partial charge in [-0.25, -0.2) is 4.39 Å². The van der Waals surface area contributed by atoms with Crippen molar-refractivity contribution in [2.24, 2.45) is 5.73 Å². The third-order valence-corrected chi connectivity index (χ3v) is 2.60. The number of rotatable bonds is 5. The van der Waals surface area contributed by atoms with Gasteiger partial charge in [0.2, 0.25) is 5.91 Å². The van der Waals surface area contributed by atoms with Crippen LogP contribution in [0.4, 0.5) is 4.39 Å². The zero-order chi connectivity index (χ0) is 11.3. The quantitative estimate of drug-likeness (QED) is 0.769. The van der Waals surface area contributed by atoms with E-state index < -0.39 is 5.91 Å². The summed E-state index contributed by atoms with van der Waals surface area (Å²) in [7, 11) is 0. The van der Waals surface area contributed by atoms with Crippen molar-refractivity contribution in [2.75, 3.05) is 11.5 Å². The molecule has 1 amide bonds. The average Bonchev–Trinajstić information content (AvgIpc) is 2.18. The van der Waals surface area contributed by atoms with E-state index >= 15 is 0 Å². The summed E-state index contributed by atoms with van der Waals surface area (Å²) in [5.74, 6) is -0.675. The number of Topliss-reactive ketones (excluding diaryl/α,β-unsaturated/α-hetero) is 1. The number of nitrogens with two attached hydrogens (primary N) is 1. The second kappa shape index (κ2) is 5.50. The number of amides is 1. The Morgan fingerprint density at radius 2 is 1.80 bits per heavy atom. The SMILES string of the molecule is NC(=O)CSCC(=O)c1ccc(F)cc1. The predicted octanol–water partition coefficient (Wildman–Crippen LogP) is 1.23. The number of hydrogen-bond acceptors (Lipinski definition) is 3. The van der Waals surface area contributed by atoms with Crippen LogP contribution in [0.2, 0.25) is 0 Å². The normalized spacial score (nSPS) is 9.93. The smallest absolute Gasteiger partial charge is 0.227 e. The summed E-state index contributed by atoms with van der Waals surface area (Å²) in [6.07, 6.45) is 0. The summed E-state index contributed by atoms with van der Waals surface area (Å²) in [5, 5.41) is 0. The number of halogens is 1. The molecule has 3 nitrogen and oxygen atoms in total. The van der Waals surface area contributed by atoms with E-state index in [4.69, 9.17) is 5.73 Å². The molecular weight excluding hydrogens is 217 g/mol. The lowest BCUT2D eigenvalue weighted by Crippen LogP contribution is -2.15. The van der Waals surface area contributed by atoms with Crippen LogP contribution in [0.15, 0.2) is 24.3 Å². The van der Waals surface area contributed by atoms with Gasteiger partial charge in [0, 0.05) is 5.56 Å². The largest absolute Gasteiger partial charge is 0.369 e. The minimum absolute atomic E-state index is 0.118. The molecule has 0 spiro atoms. The van der Waals surface area contributed by atoms with Crippen LogP contribution in [0, 0.1) is 5.82 Å². The van der Waals surface area contributed by atoms with Crippen LogP contribution in [0.1, 0.15) is 10.4 Å². The highest BCUT2D eigenvalue weighted by Crippen LogP contribution is 2.08. The Morgan fingerprint density at radius 1 is 1.20 bits per heavy atom. The molecule has 15 heavy (non-hydrogen) atoms. The predicted molar refractivity (Wildman–Crippen MR) is 57.2 cm³/mol. The summed E-state index contributed by atoms with van der Waals surface area (Å²) in [6.45, 7) is 0. The summed E-state index contributed by atoms with van der Waals surface area (Å²) < 4.78 is 12.5. The third-order valence-electron chi connectivity index (χ3n) is 1.64. The molecule has 1 aromatic carbocycles. The topological polar surface area (TPSA) is 60.2 Å². The summed E-state index contributed by atoms with van der Waals surface area (Å²) in [4.78, 5) is 21.8. The Kier molecular flexibility index (Phi) is 4.30. The molecular formula is C10H10FNO2S. The lowest BCUT2D eigenvalue weighted by Gasteiger charge is -1.99. The third kappa shape index (κ3) is 4.12. The summed E-state index contributed by atoms with van der Waals surface area (Å²) in [6, 6.07) is 5.29. The molecule has 0 fully saturated rings. The monoisotopic (exact) mass is 227 g/mol. The van der Waals surface area contributed by atoms with Gasteiger partial charge in [-0.05, 0) is 24.3 Å². The fraction of sp³-hybridized carbons (Fsp3) is 0.200. The van der Waals surface area contributed by atoms with E-state index in [0.717, 1.165) is 11.8 Å². The fourth-order valence-electron chi connectivity index (χ4n) is 0.963. The van der Waals surface area contributed by atoms with Gasteiger partial charge in [-0.2, -0.15) is 0 Å². The number of thioether (sulfide) groups is 1. The Balaban J connectivity index is 2.47. The van der Waals surface area contributed by atoms with Crippen molar-refractivity contribution in [3.8, 4) is 0 Å². The van der Waals surface area contributed by atoms with Crippen molar-refractivity contribution in [1.82, 2.24) is 0 Å². The standard InChI is InChI=1S/C10H10FNO2S/c11-8-3-1-7(2-4-8)9(13)5-15-6-10(12)14/h1-4H,5-6H2,(H2,12,14). The van der Waals surface area contributed by atoms with Gasteiger partial charge in [0.1, 0.15) is 5.82 Å². The van der Waals surface area contributed by atoms with Crippen molar-refractivity contribution >= 4 is 23.5 Å². The van der Waals surface area contributed by atoms with Gasteiger partial charge >= 0.3 is 0 Å². The van der Waals surface area contributed by atoms with E-state index in [1.807, 2.05) is 0 Å². The lowest BCUT2D eigenvalue weighted by molar-refractivity contribution is -0.115. The zero-order valence-electron chi connectivity index (χ0n) is 7.90. The highest BCUT2D eigenvalue weighted by molar-refractivity contribution is 8.00. The molecule has 0 aromatic heterocycles. The number of carbonyl (C=O) groups is 2. The molecule has 0 aliphatic rings. The highest BCUT2D eigenvalue weighted by Gasteiger charge is 2.06. The van der Waals surface area contributed by atoms with Crippen molar-refractivity contribution < 1.29 is 14.0 Å². The molecule has 2 N–H and O–H groups in total. The zero-order valence-corrected chi connectivity index (χ0v) is 8.72. The van der Waals surface area contributed by atoms with Crippen molar-refractivity contribution in [3.63, 3.8) is 0 Å². The molecule has 0 atom stereocenters. The Labute approximate surface area is 90.8 Å². The maximum Gasteiger partial charge on any atom is 0.227 e. The van der Waals surface area contributed by atoms with Crippen LogP contribution in [-0.2, 0) is 4.79 Å². The molecule has 80 valence electrons. The molecule has 0 saturated heterocycles. The number of ketones is 1. The van der Waals surface area contributed by atoms with Crippen LogP contribution < -0.4 is 5.73 Å². The number of primary amides is 1. The van der Waals surface area contributed by atoms with Gasteiger partial charge in [0.25, 0.3) is 0 Å². The first-order valence-electron chi connectivity index (χ1n) is 4.24. The molecule has 0 aliphatic heterocycles. The molecule has 0 saturated carbocycles. The fourth-order valence-corrected chi connectivity index (χ4v) is 1.62. The minimum atomic E-state index is -0.452. The first-order chi connectivity index (χ1) is 7.09. The van der Waals surface area contributed by atoms with E-state index in [2.05, 4.69) is 0 Å². The van der Waals surface area contributed by atoms with Crippen molar-refractivity contribution in [3.05, 3.63) is 35.6 Å². The number of hydrogen-bond donors (Lipinski definition) is 1. The number of carbonyl (C=O) groups excluding carboxylic acids is 2. The first-order valence-corrected chi connectivity index (χ1v) is 5.40. The highest BCUT2D eigenvalue weighted by atomic mass is 32.2. The maximum absolute atomic E-state index is 12.5. The van der Waals surface area contributed by atoms with Gasteiger partial charge in [0.15, 0.2) is 5.78 Å². The molecule has 0 aliphatic carbocycles. The van der Waals surface area contributed by atoms with Crippen molar-refractivity contribution in [1.29, 1.82) is 0 Å². The second-order valence-corrected chi connectivity index (χ2v) is 3.87. The van der Waals surface area contributed by atoms with E-state index in [0.29, 0.717) is 5.56 Å². The minimum Gasteiger partial charge on any atom is -0.369 e. The second-order valence-electron chi connectivity index (χ2n) is 2.89. The van der Waals surface area contributed by atoms with Gasteiger partial charge in [-0.3, -0.25) is 9.59 Å². The lowest BCUT2D eigenvalue weighted by atomic mass is 10.1. The van der Waals surface area contributed by atoms with E-state index in [9.17, 15) is 14.0 Å². The molecule has 0 heterocycles. The first kappa shape index (κ1) is 11.7. The van der Waals surface area contributed by atoms with Gasteiger partial charge in [-0.1, -0.05) is 0 Å². The van der Waals surface area contributed by atoms with Crippen LogP contribution in [0.5, 0.6) is 0 Å². The molecule has 1 rings (SSSR count). The van der Waals surface area contributed by atoms with E-state index in [1.54, 1.807) is 0 Å². The molecule has 1 aromatic rings. The molecule has 0 bridgehead atoms. The summed E-state index contributed by atoms with van der Waals surface area (Å²) in [5.41, 5.74) is 5.35. The van der Waals surface area contributed by atoms with Crippen LogP contribution in [-0.4, -0.2) is 23.2 Å². The molecule has 0 radical (unpaired) electrons. The Morgan fingerprint density at radius 3 is 2.33 bits per heavy atom. The van der Waals surface area contributed by atoms with E-state index in [-0.39, 0.29) is 23.1 Å². The molecule has 5 heteroatoms. The van der Waals surface area contributed by atoms with Gasteiger partial charge in [0.05, 0.1) is 11.5 Å². The summed E-state index contributed by atoms with van der Waals surface area (Å²) >= 11 is 1.15. The van der Waals surface area contributed by atoms with Gasteiger partial charge < -0.3 is 5.73 Å². The van der Waals surface area contributed by atoms with E-state index in [1.165, 1.54) is 24.3 Å². The van der Waals surface area contributed by atoms with Gasteiger partial charge in [-0.15, -0.1) is 11.8 Å². The van der Waals surface area contributed by atoms with Crippen LogP contribution >= 0.6 is 11.8 Å². The average molecular weight is 227 g/mol. The Hall–Kier alpha value is -1.36. The Bertz CT molecular complexity index is 364.